The van der Waals surface area contributed by atoms with Crippen LogP contribution in [0.25, 0.3) is 28.1 Å². The fourth-order valence-corrected chi connectivity index (χ4v) is 3.37. The Labute approximate surface area is 177 Å². The molecular formula is C23H19N5O3. The largest absolute Gasteiger partial charge is 0.466 e. The summed E-state index contributed by atoms with van der Waals surface area (Å²) in [6, 6.07) is 17.1. The number of ether oxygens (including phenoxy) is 1. The number of furan rings is 1. The van der Waals surface area contributed by atoms with E-state index >= 15 is 0 Å². The van der Waals surface area contributed by atoms with E-state index in [1.807, 2.05) is 48.5 Å². The third-order valence-corrected chi connectivity index (χ3v) is 4.87. The summed E-state index contributed by atoms with van der Waals surface area (Å²) in [6.45, 7) is 1.76. The van der Waals surface area contributed by atoms with E-state index in [2.05, 4.69) is 20.4 Å². The van der Waals surface area contributed by atoms with Crippen LogP contribution >= 0.6 is 0 Å². The maximum atomic E-state index is 11.4. The summed E-state index contributed by atoms with van der Waals surface area (Å²) >= 11 is 0. The molecule has 1 atom stereocenters. The van der Waals surface area contributed by atoms with Crippen LogP contribution in [0, 0.1) is 0 Å². The summed E-state index contributed by atoms with van der Waals surface area (Å²) < 4.78 is 13.8. The molecule has 0 aliphatic rings. The van der Waals surface area contributed by atoms with Gasteiger partial charge in [-0.2, -0.15) is 0 Å². The van der Waals surface area contributed by atoms with E-state index < -0.39 is 6.10 Å². The molecule has 8 heteroatoms. The number of carbonyl (C=O) groups is 1. The second kappa shape index (κ2) is 7.91. The van der Waals surface area contributed by atoms with Crippen LogP contribution in [0.15, 0.2) is 77.6 Å². The molecule has 1 amide bonds. The first-order valence-electron chi connectivity index (χ1n) is 9.82. The van der Waals surface area contributed by atoms with Crippen LogP contribution in [-0.4, -0.2) is 32.0 Å². The molecule has 0 bridgehead atoms. The number of pyridine rings is 1. The van der Waals surface area contributed by atoms with Gasteiger partial charge < -0.3 is 14.5 Å². The van der Waals surface area contributed by atoms with Crippen LogP contribution in [0.1, 0.15) is 18.6 Å². The molecule has 1 N–H and O–H groups in total. The number of hydrogen-bond acceptors (Lipinski definition) is 6. The molecule has 5 aromatic rings. The van der Waals surface area contributed by atoms with Crippen LogP contribution in [0.2, 0.25) is 0 Å². The number of imidazole rings is 1. The average Bonchev–Trinajstić information content (AvgIpc) is 3.40. The van der Waals surface area contributed by atoms with Crippen LogP contribution in [-0.2, 0) is 4.79 Å². The van der Waals surface area contributed by atoms with Gasteiger partial charge in [0.25, 0.3) is 0 Å². The first-order chi connectivity index (χ1) is 15.2. The van der Waals surface area contributed by atoms with E-state index in [1.54, 1.807) is 29.2 Å². The SMILES string of the molecule is CC(=O)NC[C@@H](Oc1ccc2ncc(-c3cc4ccccc4o3)n2n1)c1cccnc1. The molecule has 31 heavy (non-hydrogen) atoms. The first-order valence-corrected chi connectivity index (χ1v) is 9.82. The highest BCUT2D eigenvalue weighted by Gasteiger charge is 2.17. The fraction of sp³-hybridized carbons (Fsp3) is 0.130. The van der Waals surface area contributed by atoms with Crippen molar-refractivity contribution in [2.75, 3.05) is 6.54 Å². The van der Waals surface area contributed by atoms with Gasteiger partial charge in [0.2, 0.25) is 11.8 Å². The first kappa shape index (κ1) is 18.8. The van der Waals surface area contributed by atoms with Gasteiger partial charge in [-0.25, -0.2) is 9.50 Å². The zero-order chi connectivity index (χ0) is 21.2. The van der Waals surface area contributed by atoms with Crippen molar-refractivity contribution in [3.05, 3.63) is 78.8 Å². The highest BCUT2D eigenvalue weighted by molar-refractivity contribution is 5.82. The lowest BCUT2D eigenvalue weighted by Crippen LogP contribution is -2.29. The van der Waals surface area contributed by atoms with E-state index in [1.165, 1.54) is 6.92 Å². The highest BCUT2D eigenvalue weighted by Crippen LogP contribution is 2.29. The van der Waals surface area contributed by atoms with Crippen LogP contribution in [0.3, 0.4) is 0 Å². The molecule has 154 valence electrons. The van der Waals surface area contributed by atoms with Crippen molar-refractivity contribution in [2.45, 2.75) is 13.0 Å². The number of para-hydroxylation sites is 1. The Morgan fingerprint density at radius 2 is 2.06 bits per heavy atom. The summed E-state index contributed by atoms with van der Waals surface area (Å²) in [5.41, 5.74) is 3.02. The Hall–Kier alpha value is -4.20. The van der Waals surface area contributed by atoms with Gasteiger partial charge in [-0.15, -0.1) is 5.10 Å². The van der Waals surface area contributed by atoms with Crippen LogP contribution in [0.5, 0.6) is 5.88 Å². The van der Waals surface area contributed by atoms with E-state index in [4.69, 9.17) is 9.15 Å². The summed E-state index contributed by atoms with van der Waals surface area (Å²) in [6.07, 6.45) is 4.68. The number of benzene rings is 1. The van der Waals surface area contributed by atoms with Gasteiger partial charge in [0.05, 0.1) is 12.7 Å². The number of rotatable bonds is 6. The predicted octanol–water partition coefficient (Wildman–Crippen LogP) is 3.79. The predicted molar refractivity (Wildman–Crippen MR) is 114 cm³/mol. The van der Waals surface area contributed by atoms with Crippen molar-refractivity contribution in [1.82, 2.24) is 24.9 Å². The Bertz CT molecular complexity index is 1330. The lowest BCUT2D eigenvalue weighted by molar-refractivity contribution is -0.119. The number of hydrogen-bond donors (Lipinski definition) is 1. The minimum Gasteiger partial charge on any atom is -0.466 e. The second-order valence-electron chi connectivity index (χ2n) is 7.06. The Balaban J connectivity index is 1.49. The van der Waals surface area contributed by atoms with Gasteiger partial charge in [0.15, 0.2) is 11.4 Å². The van der Waals surface area contributed by atoms with Crippen molar-refractivity contribution in [3.8, 4) is 17.3 Å². The van der Waals surface area contributed by atoms with Crippen molar-refractivity contribution < 1.29 is 13.9 Å². The number of nitrogens with zero attached hydrogens (tertiary/aromatic N) is 4. The molecule has 0 spiro atoms. The third kappa shape index (κ3) is 3.83. The zero-order valence-corrected chi connectivity index (χ0v) is 16.7. The quantitative estimate of drug-likeness (QED) is 0.455. The maximum Gasteiger partial charge on any atom is 0.232 e. The number of aromatic nitrogens is 4. The molecule has 1 aromatic carbocycles. The van der Waals surface area contributed by atoms with Crippen LogP contribution in [0.4, 0.5) is 0 Å². The minimum atomic E-state index is -0.444. The molecule has 0 saturated heterocycles. The third-order valence-electron chi connectivity index (χ3n) is 4.87. The second-order valence-corrected chi connectivity index (χ2v) is 7.06. The molecule has 8 nitrogen and oxygen atoms in total. The van der Waals surface area contributed by atoms with Gasteiger partial charge >= 0.3 is 0 Å². The Morgan fingerprint density at radius 1 is 1.16 bits per heavy atom. The van der Waals surface area contributed by atoms with Crippen molar-refractivity contribution >= 4 is 22.5 Å². The molecule has 4 heterocycles. The summed E-state index contributed by atoms with van der Waals surface area (Å²) in [7, 11) is 0. The lowest BCUT2D eigenvalue weighted by atomic mass is 10.1. The lowest BCUT2D eigenvalue weighted by Gasteiger charge is -2.19. The molecule has 0 radical (unpaired) electrons. The molecule has 0 aliphatic carbocycles. The number of nitrogens with one attached hydrogen (secondary N) is 1. The van der Waals surface area contributed by atoms with Crippen LogP contribution < -0.4 is 10.1 Å². The van der Waals surface area contributed by atoms with Crippen molar-refractivity contribution in [2.24, 2.45) is 0 Å². The topological polar surface area (TPSA) is 94.5 Å². The zero-order valence-electron chi connectivity index (χ0n) is 16.7. The summed E-state index contributed by atoms with van der Waals surface area (Å²) in [4.78, 5) is 20.0. The van der Waals surface area contributed by atoms with E-state index in [9.17, 15) is 4.79 Å². The fourth-order valence-electron chi connectivity index (χ4n) is 3.37. The summed E-state index contributed by atoms with van der Waals surface area (Å²) in [5.74, 6) is 0.921. The minimum absolute atomic E-state index is 0.136. The van der Waals surface area contributed by atoms with E-state index in [-0.39, 0.29) is 5.91 Å². The molecule has 0 saturated carbocycles. The van der Waals surface area contributed by atoms with Gasteiger partial charge in [0.1, 0.15) is 17.4 Å². The average molecular weight is 413 g/mol. The Kier molecular flexibility index (Phi) is 4.80. The van der Waals surface area contributed by atoms with Crippen molar-refractivity contribution in [3.63, 3.8) is 0 Å². The molecule has 4 aromatic heterocycles. The smallest absolute Gasteiger partial charge is 0.232 e. The molecule has 0 unspecified atom stereocenters. The standard InChI is InChI=1S/C23H19N5O3/c1-15(29)25-14-21(17-6-4-10-24-12-17)31-23-9-8-22-26-13-18(28(22)27-23)20-11-16-5-2-3-7-19(16)30-20/h2-13,21H,14H2,1H3,(H,25,29)/t21-/m1/s1. The molecule has 0 aliphatic heterocycles. The van der Waals surface area contributed by atoms with E-state index in [0.29, 0.717) is 23.8 Å². The maximum absolute atomic E-state index is 11.4. The number of carbonyl (C=O) groups excluding carboxylic acids is 1. The van der Waals surface area contributed by atoms with Gasteiger partial charge in [-0.1, -0.05) is 24.3 Å². The molecule has 0 fully saturated rings. The van der Waals surface area contributed by atoms with Gasteiger partial charge in [-0.3, -0.25) is 9.78 Å². The highest BCUT2D eigenvalue weighted by atomic mass is 16.5. The number of amides is 1. The van der Waals surface area contributed by atoms with Gasteiger partial charge in [-0.05, 0) is 24.3 Å². The molecular weight excluding hydrogens is 394 g/mol. The molecule has 5 rings (SSSR count). The summed E-state index contributed by atoms with van der Waals surface area (Å²) in [5, 5.41) is 8.41. The normalized spacial score (nSPS) is 12.2. The van der Waals surface area contributed by atoms with Gasteiger partial charge in [0, 0.05) is 36.3 Å². The van der Waals surface area contributed by atoms with Crippen molar-refractivity contribution in [1.29, 1.82) is 0 Å². The Morgan fingerprint density at radius 3 is 2.87 bits per heavy atom. The number of fused-ring (bicyclic) bond motifs is 2. The van der Waals surface area contributed by atoms with E-state index in [0.717, 1.165) is 22.2 Å². The monoisotopic (exact) mass is 413 g/mol.